The van der Waals surface area contributed by atoms with Gasteiger partial charge in [0.05, 0.1) is 11.1 Å². The van der Waals surface area contributed by atoms with Crippen molar-refractivity contribution in [2.45, 2.75) is 19.3 Å². The number of hydrogen-bond donors (Lipinski definition) is 2. The third-order valence-electron chi connectivity index (χ3n) is 6.55. The van der Waals surface area contributed by atoms with Crippen molar-refractivity contribution in [3.8, 4) is 0 Å². The number of nitrogens with two attached hydrogens (primary N) is 1. The van der Waals surface area contributed by atoms with Crippen molar-refractivity contribution in [1.29, 1.82) is 0 Å². The molecule has 5 rings (SSSR count). The van der Waals surface area contributed by atoms with E-state index in [1.807, 2.05) is 19.0 Å². The summed E-state index contributed by atoms with van der Waals surface area (Å²) >= 11 is 0. The Labute approximate surface area is 189 Å². The Morgan fingerprint density at radius 2 is 1.97 bits per heavy atom. The molecule has 7 heteroatoms. The molecule has 7 nitrogen and oxygen atoms in total. The van der Waals surface area contributed by atoms with Crippen molar-refractivity contribution >= 4 is 33.9 Å². The summed E-state index contributed by atoms with van der Waals surface area (Å²) in [6, 6.07) is 10.6. The second kappa shape index (κ2) is 8.74. The molecule has 32 heavy (non-hydrogen) atoms. The zero-order valence-corrected chi connectivity index (χ0v) is 18.9. The van der Waals surface area contributed by atoms with Crippen LogP contribution in [-0.4, -0.2) is 55.2 Å². The summed E-state index contributed by atoms with van der Waals surface area (Å²) < 4.78 is 0. The molecule has 0 radical (unpaired) electrons. The highest BCUT2D eigenvalue weighted by Crippen LogP contribution is 2.37. The Morgan fingerprint density at radius 3 is 2.78 bits per heavy atom. The molecule has 0 spiro atoms. The van der Waals surface area contributed by atoms with Gasteiger partial charge in [-0.2, -0.15) is 0 Å². The molecular formula is C25H31N7. The smallest absolute Gasteiger partial charge is 0.142 e. The monoisotopic (exact) mass is 429 g/mol. The summed E-state index contributed by atoms with van der Waals surface area (Å²) in [5.41, 5.74) is 10.6. The number of pyridine rings is 1. The molecule has 3 aromatic rings. The van der Waals surface area contributed by atoms with Crippen LogP contribution in [0.5, 0.6) is 0 Å². The van der Waals surface area contributed by atoms with E-state index in [-0.39, 0.29) is 0 Å². The zero-order chi connectivity index (χ0) is 22.1. The van der Waals surface area contributed by atoms with Gasteiger partial charge in [-0.3, -0.25) is 0 Å². The summed E-state index contributed by atoms with van der Waals surface area (Å²) in [6.45, 7) is 4.16. The van der Waals surface area contributed by atoms with Crippen LogP contribution >= 0.6 is 0 Å². The van der Waals surface area contributed by atoms with Gasteiger partial charge in [0.25, 0.3) is 0 Å². The van der Waals surface area contributed by atoms with E-state index in [9.17, 15) is 0 Å². The molecule has 0 atom stereocenters. The number of nitrogens with one attached hydrogen (secondary N) is 1. The van der Waals surface area contributed by atoms with Gasteiger partial charge in [0, 0.05) is 32.6 Å². The molecule has 0 unspecified atom stereocenters. The fourth-order valence-corrected chi connectivity index (χ4v) is 4.81. The van der Waals surface area contributed by atoms with Gasteiger partial charge in [-0.25, -0.2) is 15.0 Å². The second-order valence-electron chi connectivity index (χ2n) is 8.97. The standard InChI is InChI=1S/C25H31N7/c1-31(2)22-8-6-19-14-18(5-7-21(19)30-22)20-4-3-13-32(15-17-9-11-27-12-10-17)25-23(20)24(26)28-16-29-25/h4-8,14,16-17,27H,3,9-13,15H2,1-2H3,(H2,26,28,29). The fourth-order valence-electron chi connectivity index (χ4n) is 4.81. The first kappa shape index (κ1) is 20.7. The molecular weight excluding hydrogens is 398 g/mol. The second-order valence-corrected chi connectivity index (χ2v) is 8.97. The quantitative estimate of drug-likeness (QED) is 0.658. The number of nitrogen functional groups attached to an aromatic ring is 1. The lowest BCUT2D eigenvalue weighted by atomic mass is 9.95. The highest BCUT2D eigenvalue weighted by molar-refractivity contribution is 5.94. The van der Waals surface area contributed by atoms with Gasteiger partial charge in [0.1, 0.15) is 23.8 Å². The van der Waals surface area contributed by atoms with E-state index in [1.165, 1.54) is 12.8 Å². The van der Waals surface area contributed by atoms with Gasteiger partial charge in [-0.15, -0.1) is 0 Å². The minimum Gasteiger partial charge on any atom is -0.383 e. The maximum atomic E-state index is 6.45. The lowest BCUT2D eigenvalue weighted by Crippen LogP contribution is -2.37. The minimum absolute atomic E-state index is 0.541. The fraction of sp³-hybridized carbons (Fsp3) is 0.400. The zero-order valence-electron chi connectivity index (χ0n) is 18.9. The number of hydrogen-bond acceptors (Lipinski definition) is 7. The molecule has 0 amide bonds. The largest absolute Gasteiger partial charge is 0.383 e. The summed E-state index contributed by atoms with van der Waals surface area (Å²) in [7, 11) is 4.02. The van der Waals surface area contributed by atoms with Crippen molar-refractivity contribution in [2.24, 2.45) is 5.92 Å². The van der Waals surface area contributed by atoms with Gasteiger partial charge >= 0.3 is 0 Å². The van der Waals surface area contributed by atoms with Gasteiger partial charge in [0.2, 0.25) is 0 Å². The van der Waals surface area contributed by atoms with Crippen LogP contribution in [0.2, 0.25) is 0 Å². The summed E-state index contributed by atoms with van der Waals surface area (Å²) in [6.07, 6.45) is 7.26. The Kier molecular flexibility index (Phi) is 5.66. The number of benzene rings is 1. The highest BCUT2D eigenvalue weighted by atomic mass is 15.2. The van der Waals surface area contributed by atoms with Crippen molar-refractivity contribution in [2.75, 3.05) is 55.8 Å². The number of aromatic nitrogens is 3. The Balaban J connectivity index is 1.52. The molecule has 4 heterocycles. The van der Waals surface area contributed by atoms with Crippen LogP contribution in [0.3, 0.4) is 0 Å². The third kappa shape index (κ3) is 4.00. The van der Waals surface area contributed by atoms with E-state index >= 15 is 0 Å². The first-order chi connectivity index (χ1) is 15.6. The predicted molar refractivity (Wildman–Crippen MR) is 132 cm³/mol. The number of nitrogens with zero attached hydrogens (tertiary/aromatic N) is 5. The van der Waals surface area contributed by atoms with Crippen molar-refractivity contribution < 1.29 is 0 Å². The maximum Gasteiger partial charge on any atom is 0.142 e. The molecule has 3 N–H and O–H groups in total. The van der Waals surface area contributed by atoms with Crippen LogP contribution in [0.4, 0.5) is 17.5 Å². The highest BCUT2D eigenvalue weighted by Gasteiger charge is 2.25. The Hall–Kier alpha value is -3.19. The molecule has 0 saturated carbocycles. The van der Waals surface area contributed by atoms with Gasteiger partial charge in [-0.05, 0) is 73.7 Å². The van der Waals surface area contributed by atoms with E-state index < -0.39 is 0 Å². The van der Waals surface area contributed by atoms with E-state index in [1.54, 1.807) is 6.33 Å². The first-order valence-corrected chi connectivity index (χ1v) is 11.5. The number of piperidine rings is 1. The normalized spacial score (nSPS) is 17.1. The lowest BCUT2D eigenvalue weighted by Gasteiger charge is -2.31. The maximum absolute atomic E-state index is 6.45. The third-order valence-corrected chi connectivity index (χ3v) is 6.55. The van der Waals surface area contributed by atoms with Crippen molar-refractivity contribution in [3.63, 3.8) is 0 Å². The Morgan fingerprint density at radius 1 is 1.12 bits per heavy atom. The molecule has 0 bridgehead atoms. The van der Waals surface area contributed by atoms with Gasteiger partial charge in [0.15, 0.2) is 0 Å². The van der Waals surface area contributed by atoms with E-state index in [2.05, 4.69) is 51.6 Å². The van der Waals surface area contributed by atoms with Crippen LogP contribution in [0, 0.1) is 5.92 Å². The summed E-state index contributed by atoms with van der Waals surface area (Å²) in [5.74, 6) is 3.13. The van der Waals surface area contributed by atoms with Crippen LogP contribution in [0.15, 0.2) is 42.7 Å². The molecule has 1 aromatic carbocycles. The SMILES string of the molecule is CN(C)c1ccc2cc(C3=CCCN(CC4CCNCC4)c4ncnc(N)c43)ccc2n1. The van der Waals surface area contributed by atoms with Crippen LogP contribution < -0.4 is 20.9 Å². The minimum atomic E-state index is 0.541. The molecule has 1 saturated heterocycles. The molecule has 166 valence electrons. The number of rotatable bonds is 4. The lowest BCUT2D eigenvalue weighted by molar-refractivity contribution is 0.373. The van der Waals surface area contributed by atoms with E-state index in [0.717, 1.165) is 71.8 Å². The summed E-state index contributed by atoms with van der Waals surface area (Å²) in [5, 5.41) is 4.58. The average Bonchev–Trinajstić information content (AvgIpc) is 2.99. The molecule has 1 fully saturated rings. The molecule has 0 aliphatic carbocycles. The number of anilines is 3. The first-order valence-electron chi connectivity index (χ1n) is 11.5. The average molecular weight is 430 g/mol. The van der Waals surface area contributed by atoms with E-state index in [0.29, 0.717) is 11.7 Å². The molecule has 2 aromatic heterocycles. The van der Waals surface area contributed by atoms with Crippen molar-refractivity contribution in [3.05, 3.63) is 53.9 Å². The molecule has 2 aliphatic heterocycles. The summed E-state index contributed by atoms with van der Waals surface area (Å²) in [4.78, 5) is 18.3. The topological polar surface area (TPSA) is 83.2 Å². The van der Waals surface area contributed by atoms with E-state index in [4.69, 9.17) is 15.7 Å². The van der Waals surface area contributed by atoms with Crippen molar-refractivity contribution in [1.82, 2.24) is 20.3 Å². The molecule has 2 aliphatic rings. The predicted octanol–water partition coefficient (Wildman–Crippen LogP) is 3.31. The number of fused-ring (bicyclic) bond motifs is 2. The van der Waals surface area contributed by atoms with Crippen LogP contribution in [-0.2, 0) is 0 Å². The van der Waals surface area contributed by atoms with Gasteiger partial charge < -0.3 is 20.9 Å². The van der Waals surface area contributed by atoms with Crippen LogP contribution in [0.1, 0.15) is 30.4 Å². The van der Waals surface area contributed by atoms with Gasteiger partial charge in [-0.1, -0.05) is 12.1 Å². The van der Waals surface area contributed by atoms with Crippen LogP contribution in [0.25, 0.3) is 16.5 Å². The Bertz CT molecular complexity index is 1150.